The van der Waals surface area contributed by atoms with E-state index in [0.29, 0.717) is 12.5 Å². The number of piperidine rings is 1. The molecular formula is C12H24N2O2. The van der Waals surface area contributed by atoms with E-state index < -0.39 is 5.54 Å². The molecule has 2 unspecified atom stereocenters. The van der Waals surface area contributed by atoms with Crippen LogP contribution in [0.1, 0.15) is 40.0 Å². The van der Waals surface area contributed by atoms with Crippen molar-refractivity contribution in [1.82, 2.24) is 4.90 Å². The van der Waals surface area contributed by atoms with E-state index in [1.807, 2.05) is 13.8 Å². The Hall–Kier alpha value is -0.770. The van der Waals surface area contributed by atoms with E-state index in [0.717, 1.165) is 25.9 Å². The summed E-state index contributed by atoms with van der Waals surface area (Å²) < 4.78 is 5.25. The second kappa shape index (κ2) is 5.53. The summed E-state index contributed by atoms with van der Waals surface area (Å²) in [5.41, 5.74) is 5.52. The lowest BCUT2D eigenvalue weighted by Gasteiger charge is -2.31. The van der Waals surface area contributed by atoms with Crippen LogP contribution in [0.15, 0.2) is 0 Å². The van der Waals surface area contributed by atoms with Gasteiger partial charge in [-0.2, -0.15) is 0 Å². The van der Waals surface area contributed by atoms with Gasteiger partial charge in [0.15, 0.2) is 0 Å². The first-order valence-corrected chi connectivity index (χ1v) is 6.15. The van der Waals surface area contributed by atoms with Gasteiger partial charge < -0.3 is 15.4 Å². The Balaban J connectivity index is 2.34. The number of hydrogen-bond acceptors (Lipinski definition) is 3. The molecule has 2 N–H and O–H groups in total. The molecule has 0 bridgehead atoms. The van der Waals surface area contributed by atoms with Gasteiger partial charge in [0.1, 0.15) is 6.61 Å². The van der Waals surface area contributed by atoms with E-state index in [2.05, 4.69) is 6.92 Å². The maximum absolute atomic E-state index is 11.8. The number of nitrogens with two attached hydrogens (primary N) is 1. The van der Waals surface area contributed by atoms with Gasteiger partial charge in [-0.05, 0) is 32.1 Å². The minimum atomic E-state index is -0.406. The molecule has 0 aromatic carbocycles. The highest BCUT2D eigenvalue weighted by Gasteiger charge is 2.24. The third-order valence-electron chi connectivity index (χ3n) is 3.25. The molecule has 0 saturated carbocycles. The first-order chi connectivity index (χ1) is 7.44. The van der Waals surface area contributed by atoms with Crippen LogP contribution in [-0.2, 0) is 4.74 Å². The third-order valence-corrected chi connectivity index (χ3v) is 3.25. The fourth-order valence-electron chi connectivity index (χ4n) is 1.78. The molecule has 1 fully saturated rings. The standard InChI is InChI=1S/C12H24N2O2/c1-4-12(3,13)9-16-11(15)14-7-5-6-10(2)8-14/h10H,4-9,13H2,1-3H3. The van der Waals surface area contributed by atoms with Gasteiger partial charge >= 0.3 is 6.09 Å². The number of amides is 1. The van der Waals surface area contributed by atoms with Crippen molar-refractivity contribution in [3.05, 3.63) is 0 Å². The summed E-state index contributed by atoms with van der Waals surface area (Å²) in [6.07, 6.45) is 2.87. The lowest BCUT2D eigenvalue weighted by molar-refractivity contribution is 0.0697. The molecule has 0 aliphatic carbocycles. The number of rotatable bonds is 3. The molecule has 1 aliphatic rings. The topological polar surface area (TPSA) is 55.6 Å². The molecule has 4 heteroatoms. The third kappa shape index (κ3) is 4.00. The molecule has 0 aromatic rings. The predicted molar refractivity (Wildman–Crippen MR) is 64.2 cm³/mol. The van der Waals surface area contributed by atoms with Crippen LogP contribution in [0.3, 0.4) is 0 Å². The summed E-state index contributed by atoms with van der Waals surface area (Å²) in [6.45, 7) is 7.99. The number of hydrogen-bond donors (Lipinski definition) is 1. The Kier molecular flexibility index (Phi) is 4.59. The maximum Gasteiger partial charge on any atom is 0.409 e. The molecule has 4 nitrogen and oxygen atoms in total. The zero-order chi connectivity index (χ0) is 12.2. The lowest BCUT2D eigenvalue weighted by atomic mass is 10.0. The van der Waals surface area contributed by atoms with Crippen molar-refractivity contribution in [3.63, 3.8) is 0 Å². The number of carbonyl (C=O) groups excluding carboxylic acids is 1. The average molecular weight is 228 g/mol. The van der Waals surface area contributed by atoms with Crippen LogP contribution in [0.5, 0.6) is 0 Å². The quantitative estimate of drug-likeness (QED) is 0.803. The van der Waals surface area contributed by atoms with E-state index in [1.165, 1.54) is 6.42 Å². The van der Waals surface area contributed by atoms with Crippen molar-refractivity contribution in [1.29, 1.82) is 0 Å². The Bertz CT molecular complexity index is 241. The molecule has 1 heterocycles. The second-order valence-electron chi connectivity index (χ2n) is 5.26. The highest BCUT2D eigenvalue weighted by molar-refractivity contribution is 5.67. The zero-order valence-electron chi connectivity index (χ0n) is 10.7. The predicted octanol–water partition coefficient (Wildman–Crippen LogP) is 1.98. The van der Waals surface area contributed by atoms with Crippen molar-refractivity contribution in [2.75, 3.05) is 19.7 Å². The van der Waals surface area contributed by atoms with Crippen LogP contribution < -0.4 is 5.73 Å². The smallest absolute Gasteiger partial charge is 0.409 e. The molecule has 16 heavy (non-hydrogen) atoms. The molecule has 0 aromatic heterocycles. The van der Waals surface area contributed by atoms with Crippen molar-refractivity contribution in [2.24, 2.45) is 11.7 Å². The molecular weight excluding hydrogens is 204 g/mol. The molecule has 1 rings (SSSR count). The van der Waals surface area contributed by atoms with E-state index >= 15 is 0 Å². The molecule has 1 amide bonds. The number of carbonyl (C=O) groups is 1. The van der Waals surface area contributed by atoms with E-state index in [1.54, 1.807) is 4.90 Å². The maximum atomic E-state index is 11.8. The molecule has 0 spiro atoms. The summed E-state index contributed by atoms with van der Waals surface area (Å²) in [5, 5.41) is 0. The van der Waals surface area contributed by atoms with Crippen LogP contribution >= 0.6 is 0 Å². The van der Waals surface area contributed by atoms with Crippen molar-refractivity contribution in [2.45, 2.75) is 45.6 Å². The van der Waals surface area contributed by atoms with E-state index in [-0.39, 0.29) is 6.09 Å². The summed E-state index contributed by atoms with van der Waals surface area (Å²) in [7, 11) is 0. The summed E-state index contributed by atoms with van der Waals surface area (Å²) >= 11 is 0. The van der Waals surface area contributed by atoms with Gasteiger partial charge in [-0.3, -0.25) is 0 Å². The first kappa shape index (κ1) is 13.3. The second-order valence-corrected chi connectivity index (χ2v) is 5.26. The zero-order valence-corrected chi connectivity index (χ0v) is 10.7. The highest BCUT2D eigenvalue weighted by atomic mass is 16.6. The monoisotopic (exact) mass is 228 g/mol. The Morgan fingerprint density at radius 1 is 1.62 bits per heavy atom. The Morgan fingerprint density at radius 2 is 2.31 bits per heavy atom. The van der Waals surface area contributed by atoms with Crippen LogP contribution in [0.2, 0.25) is 0 Å². The molecule has 1 aliphatic heterocycles. The summed E-state index contributed by atoms with van der Waals surface area (Å²) in [6, 6.07) is 0. The Labute approximate surface area is 98.1 Å². The van der Waals surface area contributed by atoms with Gasteiger partial charge in [-0.25, -0.2) is 4.79 Å². The number of likely N-dealkylation sites (tertiary alicyclic amines) is 1. The number of nitrogens with zero attached hydrogens (tertiary/aromatic N) is 1. The number of ether oxygens (including phenoxy) is 1. The normalized spacial score (nSPS) is 25.0. The summed E-state index contributed by atoms with van der Waals surface area (Å²) in [4.78, 5) is 13.5. The fourth-order valence-corrected chi connectivity index (χ4v) is 1.78. The highest BCUT2D eigenvalue weighted by Crippen LogP contribution is 2.16. The van der Waals surface area contributed by atoms with Gasteiger partial charge in [0.05, 0.1) is 0 Å². The van der Waals surface area contributed by atoms with E-state index in [9.17, 15) is 4.79 Å². The molecule has 0 radical (unpaired) electrons. The van der Waals surface area contributed by atoms with Gasteiger partial charge in [0, 0.05) is 18.6 Å². The molecule has 2 atom stereocenters. The van der Waals surface area contributed by atoms with Gasteiger partial charge in [0.25, 0.3) is 0 Å². The van der Waals surface area contributed by atoms with Gasteiger partial charge in [-0.1, -0.05) is 13.8 Å². The average Bonchev–Trinajstić information content (AvgIpc) is 2.26. The summed E-state index contributed by atoms with van der Waals surface area (Å²) in [5.74, 6) is 0.580. The fraction of sp³-hybridized carbons (Fsp3) is 0.917. The van der Waals surface area contributed by atoms with Crippen molar-refractivity contribution >= 4 is 6.09 Å². The van der Waals surface area contributed by atoms with Crippen molar-refractivity contribution < 1.29 is 9.53 Å². The van der Waals surface area contributed by atoms with Crippen LogP contribution in [-0.4, -0.2) is 36.2 Å². The lowest BCUT2D eigenvalue weighted by Crippen LogP contribution is -2.45. The van der Waals surface area contributed by atoms with Gasteiger partial charge in [-0.15, -0.1) is 0 Å². The molecule has 1 saturated heterocycles. The minimum Gasteiger partial charge on any atom is -0.447 e. The molecule has 94 valence electrons. The van der Waals surface area contributed by atoms with Crippen LogP contribution in [0, 0.1) is 5.92 Å². The first-order valence-electron chi connectivity index (χ1n) is 6.15. The van der Waals surface area contributed by atoms with Crippen LogP contribution in [0.4, 0.5) is 4.79 Å². The van der Waals surface area contributed by atoms with E-state index in [4.69, 9.17) is 10.5 Å². The largest absolute Gasteiger partial charge is 0.447 e. The van der Waals surface area contributed by atoms with Crippen molar-refractivity contribution in [3.8, 4) is 0 Å². The van der Waals surface area contributed by atoms with Gasteiger partial charge in [0.2, 0.25) is 0 Å². The Morgan fingerprint density at radius 3 is 2.88 bits per heavy atom. The minimum absolute atomic E-state index is 0.211. The SMILES string of the molecule is CCC(C)(N)COC(=O)N1CCCC(C)C1. The van der Waals surface area contributed by atoms with Crippen LogP contribution in [0.25, 0.3) is 0 Å².